The Bertz CT molecular complexity index is 1200. The number of methoxy groups -OCH3 is 1. The molecule has 5 rings (SSSR count). The monoisotopic (exact) mass is 471 g/mol. The number of halogens is 1. The lowest BCUT2D eigenvalue weighted by atomic mass is 10.0. The van der Waals surface area contributed by atoms with E-state index in [0.717, 1.165) is 28.3 Å². The third-order valence-electron chi connectivity index (χ3n) is 5.50. The van der Waals surface area contributed by atoms with Crippen molar-refractivity contribution in [3.63, 3.8) is 0 Å². The number of nitrogens with zero attached hydrogens (tertiary/aromatic N) is 5. The fourth-order valence-corrected chi connectivity index (χ4v) is 5.12. The van der Waals surface area contributed by atoms with E-state index in [2.05, 4.69) is 23.1 Å². The number of carbonyl (C=O) groups excluding carboxylic acids is 1. The van der Waals surface area contributed by atoms with Gasteiger partial charge in [-0.1, -0.05) is 36.7 Å². The molecule has 32 heavy (non-hydrogen) atoms. The molecule has 1 aromatic carbocycles. The van der Waals surface area contributed by atoms with Gasteiger partial charge >= 0.3 is 0 Å². The third-order valence-corrected chi connectivity index (χ3v) is 7.09. The number of ether oxygens (including phenoxy) is 2. The lowest BCUT2D eigenvalue weighted by Gasteiger charge is -2.25. The van der Waals surface area contributed by atoms with Gasteiger partial charge in [-0.15, -0.1) is 16.4 Å². The molecule has 1 fully saturated rings. The number of aryl methyl sites for hydroxylation is 1. The first-order valence-electron chi connectivity index (χ1n) is 10.4. The van der Waals surface area contributed by atoms with Crippen LogP contribution in [0.25, 0.3) is 5.00 Å². The number of thiophene rings is 1. The van der Waals surface area contributed by atoms with Crippen LogP contribution in [0.3, 0.4) is 0 Å². The van der Waals surface area contributed by atoms with Crippen molar-refractivity contribution in [2.75, 3.05) is 33.4 Å². The number of fused-ring (bicyclic) bond motifs is 3. The van der Waals surface area contributed by atoms with E-state index in [1.165, 1.54) is 4.88 Å². The molecule has 8 nitrogen and oxygen atoms in total. The molecule has 3 aromatic rings. The van der Waals surface area contributed by atoms with E-state index in [9.17, 15) is 4.79 Å². The van der Waals surface area contributed by atoms with Gasteiger partial charge in [0.1, 0.15) is 5.00 Å². The van der Waals surface area contributed by atoms with E-state index in [-0.39, 0.29) is 11.7 Å². The van der Waals surface area contributed by atoms with Gasteiger partial charge in [-0.25, -0.2) is 14.7 Å². The molecule has 0 bridgehead atoms. The van der Waals surface area contributed by atoms with Crippen molar-refractivity contribution in [2.45, 2.75) is 19.6 Å². The molecule has 4 heterocycles. The van der Waals surface area contributed by atoms with Crippen molar-refractivity contribution in [1.82, 2.24) is 19.7 Å². The van der Waals surface area contributed by atoms with E-state index >= 15 is 0 Å². The summed E-state index contributed by atoms with van der Waals surface area (Å²) in [6.07, 6.45) is 0.134. The van der Waals surface area contributed by atoms with Crippen LogP contribution in [0.2, 0.25) is 5.02 Å². The van der Waals surface area contributed by atoms with Gasteiger partial charge in [0.2, 0.25) is 12.1 Å². The number of amides is 1. The molecule has 1 saturated heterocycles. The SMILES string of the molecule is CCc1cc2c(s1)-n1nc(C(=O)N3CCOCC3)nc1C(OC)N=C2c1ccccc1Cl. The number of morpholine rings is 1. The smallest absolute Gasteiger partial charge is 0.293 e. The second kappa shape index (κ2) is 8.74. The van der Waals surface area contributed by atoms with Gasteiger partial charge in [-0.2, -0.15) is 0 Å². The Kier molecular flexibility index (Phi) is 5.81. The highest BCUT2D eigenvalue weighted by Crippen LogP contribution is 2.36. The normalized spacial score (nSPS) is 18.0. The Morgan fingerprint density at radius 3 is 2.78 bits per heavy atom. The molecule has 0 saturated carbocycles. The topological polar surface area (TPSA) is 81.8 Å². The first-order chi connectivity index (χ1) is 15.6. The summed E-state index contributed by atoms with van der Waals surface area (Å²) in [5.74, 6) is 0.391. The Hall–Kier alpha value is -2.59. The summed E-state index contributed by atoms with van der Waals surface area (Å²) in [6.45, 7) is 4.18. The number of hydrogen-bond donors (Lipinski definition) is 0. The maximum Gasteiger partial charge on any atom is 0.293 e. The van der Waals surface area contributed by atoms with Gasteiger partial charge < -0.3 is 14.4 Å². The molecule has 1 amide bonds. The van der Waals surface area contributed by atoms with Gasteiger partial charge in [0.15, 0.2) is 5.82 Å². The van der Waals surface area contributed by atoms with Gasteiger partial charge in [0.25, 0.3) is 5.91 Å². The standard InChI is InChI=1S/C22H22ClN5O3S/c1-3-13-12-15-17(14-6-4-5-7-16(14)23)24-20(30-2)19-25-18(26-28(19)22(15)32-13)21(29)27-8-10-31-11-9-27/h4-7,12,20H,3,8-11H2,1-2H3. The first kappa shape index (κ1) is 21.3. The van der Waals surface area contributed by atoms with Gasteiger partial charge in [-0.3, -0.25) is 4.79 Å². The van der Waals surface area contributed by atoms with Crippen molar-refractivity contribution in [3.8, 4) is 5.00 Å². The predicted molar refractivity (Wildman–Crippen MR) is 122 cm³/mol. The number of benzene rings is 1. The molecule has 0 N–H and O–H groups in total. The van der Waals surface area contributed by atoms with E-state index in [4.69, 9.17) is 26.1 Å². The molecule has 2 aromatic heterocycles. The highest BCUT2D eigenvalue weighted by Gasteiger charge is 2.33. The second-order valence-corrected chi connectivity index (χ2v) is 8.96. The molecule has 0 aliphatic carbocycles. The molecule has 1 unspecified atom stereocenters. The van der Waals surface area contributed by atoms with Crippen LogP contribution in [-0.2, 0) is 15.9 Å². The highest BCUT2D eigenvalue weighted by molar-refractivity contribution is 7.15. The van der Waals surface area contributed by atoms with Crippen LogP contribution in [0.15, 0.2) is 35.3 Å². The quantitative estimate of drug-likeness (QED) is 0.581. The summed E-state index contributed by atoms with van der Waals surface area (Å²) in [5.41, 5.74) is 2.44. The van der Waals surface area contributed by atoms with E-state index < -0.39 is 6.23 Å². The summed E-state index contributed by atoms with van der Waals surface area (Å²) in [7, 11) is 1.57. The van der Waals surface area contributed by atoms with Crippen molar-refractivity contribution in [1.29, 1.82) is 0 Å². The first-order valence-corrected chi connectivity index (χ1v) is 11.6. The molecule has 166 valence electrons. The number of aliphatic imine (C=N–C) groups is 1. The lowest BCUT2D eigenvalue weighted by molar-refractivity contribution is 0.0294. The molecular weight excluding hydrogens is 450 g/mol. The fourth-order valence-electron chi connectivity index (χ4n) is 3.83. The average molecular weight is 472 g/mol. The van der Waals surface area contributed by atoms with Crippen LogP contribution >= 0.6 is 22.9 Å². The van der Waals surface area contributed by atoms with Gasteiger partial charge in [0, 0.05) is 41.2 Å². The van der Waals surface area contributed by atoms with Gasteiger partial charge in [0.05, 0.1) is 18.9 Å². The summed E-state index contributed by atoms with van der Waals surface area (Å²) in [6, 6.07) is 9.71. The molecule has 0 spiro atoms. The van der Waals surface area contributed by atoms with Gasteiger partial charge in [-0.05, 0) is 18.6 Å². The molecule has 2 aliphatic rings. The van der Waals surface area contributed by atoms with Crippen LogP contribution in [0.5, 0.6) is 0 Å². The Morgan fingerprint density at radius 1 is 1.28 bits per heavy atom. The third kappa shape index (κ3) is 3.65. The summed E-state index contributed by atoms with van der Waals surface area (Å²) < 4.78 is 12.7. The van der Waals surface area contributed by atoms with Crippen molar-refractivity contribution in [2.24, 2.45) is 4.99 Å². The zero-order valence-corrected chi connectivity index (χ0v) is 19.3. The number of aromatic nitrogens is 3. The largest absolute Gasteiger partial charge is 0.378 e. The van der Waals surface area contributed by atoms with Crippen molar-refractivity contribution >= 4 is 34.6 Å². The van der Waals surface area contributed by atoms with Crippen molar-refractivity contribution in [3.05, 3.63) is 63.0 Å². The lowest BCUT2D eigenvalue weighted by Crippen LogP contribution is -2.41. The average Bonchev–Trinajstić information content (AvgIpc) is 3.43. The molecular formula is C22H22ClN5O3S. The number of rotatable bonds is 4. The summed E-state index contributed by atoms with van der Waals surface area (Å²) >= 11 is 8.14. The number of carbonyl (C=O) groups is 1. The number of hydrogen-bond acceptors (Lipinski definition) is 7. The molecule has 1 atom stereocenters. The predicted octanol–water partition coefficient (Wildman–Crippen LogP) is 3.51. The maximum absolute atomic E-state index is 13.0. The van der Waals surface area contributed by atoms with Crippen molar-refractivity contribution < 1.29 is 14.3 Å². The van der Waals surface area contributed by atoms with E-state index in [1.807, 2.05) is 24.3 Å². The van der Waals surface area contributed by atoms with Crippen LogP contribution < -0.4 is 0 Å². The fraction of sp³-hybridized carbons (Fsp3) is 0.364. The van der Waals surface area contributed by atoms with Crippen LogP contribution in [0, 0.1) is 0 Å². The minimum atomic E-state index is -0.732. The summed E-state index contributed by atoms with van der Waals surface area (Å²) in [5, 5.41) is 6.08. The zero-order valence-electron chi connectivity index (χ0n) is 17.7. The minimum Gasteiger partial charge on any atom is -0.378 e. The zero-order chi connectivity index (χ0) is 22.2. The minimum absolute atomic E-state index is 0.137. The molecule has 0 radical (unpaired) electrons. The summed E-state index contributed by atoms with van der Waals surface area (Å²) in [4.78, 5) is 25.4. The Balaban J connectivity index is 1.66. The van der Waals surface area contributed by atoms with E-state index in [1.54, 1.807) is 28.0 Å². The Labute approximate surface area is 194 Å². The van der Waals surface area contributed by atoms with Crippen LogP contribution in [0.4, 0.5) is 0 Å². The van der Waals surface area contributed by atoms with Crippen LogP contribution in [0.1, 0.15) is 45.6 Å². The molecule has 10 heteroatoms. The molecule has 2 aliphatic heterocycles. The Morgan fingerprint density at radius 2 is 2.06 bits per heavy atom. The highest BCUT2D eigenvalue weighted by atomic mass is 35.5. The maximum atomic E-state index is 13.0. The second-order valence-electron chi connectivity index (χ2n) is 7.44. The van der Waals surface area contributed by atoms with E-state index in [0.29, 0.717) is 37.2 Å². The van der Waals surface area contributed by atoms with Crippen LogP contribution in [-0.4, -0.2) is 64.7 Å².